The van der Waals surface area contributed by atoms with Crippen LogP contribution in [0.3, 0.4) is 0 Å². The first-order valence-electron chi connectivity index (χ1n) is 10.2. The summed E-state index contributed by atoms with van der Waals surface area (Å²) in [5, 5.41) is 2.57. The van der Waals surface area contributed by atoms with Gasteiger partial charge in [-0.3, -0.25) is 4.79 Å². The number of aromatic nitrogens is 3. The number of benzene rings is 1. The fraction of sp³-hybridized carbons (Fsp3) is 0.0870. The highest BCUT2D eigenvalue weighted by Crippen LogP contribution is 2.37. The van der Waals surface area contributed by atoms with Crippen LogP contribution < -0.4 is 4.72 Å². The molecular weight excluding hydrogens is 592 g/mol. The number of hydrogen-bond donors (Lipinski definition) is 1. The van der Waals surface area contributed by atoms with Crippen LogP contribution in [0, 0.1) is 6.92 Å². The van der Waals surface area contributed by atoms with E-state index in [4.69, 9.17) is 11.6 Å². The minimum Gasteiger partial charge on any atom is -0.300 e. The first-order chi connectivity index (χ1) is 16.7. The maximum absolute atomic E-state index is 12.9. The van der Waals surface area contributed by atoms with Gasteiger partial charge in [-0.2, -0.15) is 0 Å². The summed E-state index contributed by atoms with van der Waals surface area (Å²) in [6.07, 6.45) is 0. The van der Waals surface area contributed by atoms with Gasteiger partial charge < -0.3 is 4.57 Å². The molecule has 7 nitrogen and oxygen atoms in total. The van der Waals surface area contributed by atoms with E-state index in [1.807, 2.05) is 53.3 Å². The molecule has 12 heteroatoms. The molecule has 0 bridgehead atoms. The van der Waals surface area contributed by atoms with Gasteiger partial charge >= 0.3 is 0 Å². The fourth-order valence-corrected chi connectivity index (χ4v) is 7.80. The Kier molecular flexibility index (Phi) is 6.53. The first-order valence-corrected chi connectivity index (χ1v) is 14.6. The molecule has 5 rings (SSSR count). The van der Waals surface area contributed by atoms with Crippen molar-refractivity contribution >= 4 is 77.3 Å². The molecule has 4 heterocycles. The number of nitrogens with one attached hydrogen (secondary N) is 1. The summed E-state index contributed by atoms with van der Waals surface area (Å²) in [6.45, 7) is 1.86. The van der Waals surface area contributed by atoms with Crippen LogP contribution in [0.5, 0.6) is 0 Å². The SMILES string of the molecule is Cc1nc2ccc(C(=O)NS(=O)(=O)c3ccc(Br)s3)nc2n1C(c1cccs1)c1ccccc1Cl. The lowest BCUT2D eigenvalue weighted by molar-refractivity contribution is 0.0977. The van der Waals surface area contributed by atoms with Gasteiger partial charge in [-0.25, -0.2) is 23.1 Å². The largest absolute Gasteiger partial charge is 0.300 e. The Balaban J connectivity index is 1.60. The third kappa shape index (κ3) is 4.66. The molecule has 5 aromatic rings. The number of nitrogens with zero attached hydrogens (tertiary/aromatic N) is 3. The van der Waals surface area contributed by atoms with Gasteiger partial charge in [0.1, 0.15) is 21.2 Å². The van der Waals surface area contributed by atoms with Crippen LogP contribution in [0.2, 0.25) is 5.02 Å². The number of sulfonamides is 1. The van der Waals surface area contributed by atoms with Gasteiger partial charge in [0.2, 0.25) is 0 Å². The lowest BCUT2D eigenvalue weighted by Gasteiger charge is -2.21. The highest BCUT2D eigenvalue weighted by molar-refractivity contribution is 9.11. The van der Waals surface area contributed by atoms with E-state index in [0.29, 0.717) is 25.8 Å². The van der Waals surface area contributed by atoms with Gasteiger partial charge in [-0.15, -0.1) is 22.7 Å². The van der Waals surface area contributed by atoms with Gasteiger partial charge in [-0.05, 0) is 70.2 Å². The molecule has 0 aliphatic carbocycles. The number of pyridine rings is 1. The van der Waals surface area contributed by atoms with Crippen LogP contribution in [0.4, 0.5) is 0 Å². The van der Waals surface area contributed by atoms with E-state index in [1.54, 1.807) is 23.5 Å². The molecule has 178 valence electrons. The quantitative estimate of drug-likeness (QED) is 0.254. The van der Waals surface area contributed by atoms with E-state index < -0.39 is 15.9 Å². The maximum atomic E-state index is 12.9. The molecule has 1 N–H and O–H groups in total. The van der Waals surface area contributed by atoms with Crippen molar-refractivity contribution in [3.63, 3.8) is 0 Å². The number of amides is 1. The summed E-state index contributed by atoms with van der Waals surface area (Å²) >= 11 is 12.4. The van der Waals surface area contributed by atoms with Crippen molar-refractivity contribution < 1.29 is 13.2 Å². The Hall–Kier alpha value is -2.57. The minimum absolute atomic E-state index is 0.0242. The average Bonchev–Trinajstić information content (AvgIpc) is 3.56. The Morgan fingerprint density at radius 2 is 1.89 bits per heavy atom. The summed E-state index contributed by atoms with van der Waals surface area (Å²) in [5.74, 6) is -0.147. The fourth-order valence-electron chi connectivity index (χ4n) is 3.75. The van der Waals surface area contributed by atoms with Crippen LogP contribution in [0.1, 0.15) is 32.8 Å². The van der Waals surface area contributed by atoms with Crippen molar-refractivity contribution in [1.82, 2.24) is 19.3 Å². The second-order valence-electron chi connectivity index (χ2n) is 7.50. The third-order valence-corrected chi connectivity index (χ3v) is 9.97. The number of aryl methyl sites for hydroxylation is 1. The summed E-state index contributed by atoms with van der Waals surface area (Å²) in [7, 11) is -4.03. The maximum Gasteiger partial charge on any atom is 0.283 e. The van der Waals surface area contributed by atoms with Crippen molar-refractivity contribution in [2.24, 2.45) is 0 Å². The van der Waals surface area contributed by atoms with Crippen LogP contribution in [-0.4, -0.2) is 28.9 Å². The Morgan fingerprint density at radius 1 is 1.09 bits per heavy atom. The molecule has 4 aromatic heterocycles. The van der Waals surface area contributed by atoms with Gasteiger partial charge in [-0.1, -0.05) is 35.9 Å². The number of imidazole rings is 1. The molecule has 1 unspecified atom stereocenters. The van der Waals surface area contributed by atoms with E-state index in [1.165, 1.54) is 12.1 Å². The van der Waals surface area contributed by atoms with E-state index in [9.17, 15) is 13.2 Å². The molecule has 0 aliphatic rings. The highest BCUT2D eigenvalue weighted by Gasteiger charge is 2.26. The summed E-state index contributed by atoms with van der Waals surface area (Å²) < 4.78 is 30.0. The lowest BCUT2D eigenvalue weighted by atomic mass is 10.0. The summed E-state index contributed by atoms with van der Waals surface area (Å²) in [6, 6.07) is 17.3. The normalized spacial score (nSPS) is 12.7. The molecule has 35 heavy (non-hydrogen) atoms. The van der Waals surface area contributed by atoms with E-state index in [0.717, 1.165) is 21.8 Å². The van der Waals surface area contributed by atoms with Crippen LogP contribution in [-0.2, 0) is 10.0 Å². The molecular formula is C23H16BrClN4O3S3. The van der Waals surface area contributed by atoms with Crippen molar-refractivity contribution in [3.8, 4) is 0 Å². The lowest BCUT2D eigenvalue weighted by Crippen LogP contribution is -2.30. The van der Waals surface area contributed by atoms with Gasteiger partial charge in [0.05, 0.1) is 9.83 Å². The van der Waals surface area contributed by atoms with Crippen LogP contribution in [0.25, 0.3) is 11.2 Å². The van der Waals surface area contributed by atoms with E-state index >= 15 is 0 Å². The first kappa shape index (κ1) is 24.1. The summed E-state index contributed by atoms with van der Waals surface area (Å²) in [4.78, 5) is 23.1. The standard InChI is InChI=1S/C23H16BrClN4O3S3/c1-13-26-16-8-9-17(23(30)28-35(31,32)20-11-10-19(24)34-20)27-22(16)29(13)21(18-7-4-12-33-18)14-5-2-3-6-15(14)25/h2-12,21H,1H3,(H,28,30). The molecule has 1 atom stereocenters. The minimum atomic E-state index is -4.03. The number of carbonyl (C=O) groups is 1. The monoisotopic (exact) mass is 606 g/mol. The Labute approximate surface area is 222 Å². The van der Waals surface area contributed by atoms with Gasteiger partial charge in [0, 0.05) is 9.90 Å². The molecule has 0 radical (unpaired) electrons. The summed E-state index contributed by atoms with van der Waals surface area (Å²) in [5.41, 5.74) is 1.85. The highest BCUT2D eigenvalue weighted by atomic mass is 79.9. The molecule has 1 amide bonds. The second kappa shape index (κ2) is 9.47. The third-order valence-electron chi connectivity index (χ3n) is 5.26. The van der Waals surface area contributed by atoms with E-state index in [2.05, 4.69) is 30.6 Å². The Morgan fingerprint density at radius 3 is 2.57 bits per heavy atom. The van der Waals surface area contributed by atoms with Crippen molar-refractivity contribution in [2.75, 3.05) is 0 Å². The number of thiophene rings is 2. The van der Waals surface area contributed by atoms with Crippen LogP contribution in [0.15, 0.2) is 74.0 Å². The van der Waals surface area contributed by atoms with Crippen molar-refractivity contribution in [1.29, 1.82) is 0 Å². The molecule has 0 saturated carbocycles. The molecule has 0 aliphatic heterocycles. The zero-order valence-electron chi connectivity index (χ0n) is 18.0. The average molecular weight is 608 g/mol. The second-order valence-corrected chi connectivity index (χ2v) is 13.3. The topological polar surface area (TPSA) is 93.9 Å². The van der Waals surface area contributed by atoms with Gasteiger partial charge in [0.15, 0.2) is 5.65 Å². The number of rotatable bonds is 6. The predicted octanol–water partition coefficient (Wildman–Crippen LogP) is 6.04. The zero-order chi connectivity index (χ0) is 24.7. The number of carbonyl (C=O) groups excluding carboxylic acids is 1. The molecule has 0 saturated heterocycles. The van der Waals surface area contributed by atoms with E-state index in [-0.39, 0.29) is 15.9 Å². The number of halogens is 2. The zero-order valence-corrected chi connectivity index (χ0v) is 22.8. The molecule has 0 fully saturated rings. The smallest absolute Gasteiger partial charge is 0.283 e. The van der Waals surface area contributed by atoms with Crippen LogP contribution >= 0.6 is 50.2 Å². The van der Waals surface area contributed by atoms with Crippen molar-refractivity contribution in [2.45, 2.75) is 17.2 Å². The number of fused-ring (bicyclic) bond motifs is 1. The van der Waals surface area contributed by atoms with Gasteiger partial charge in [0.25, 0.3) is 15.9 Å². The number of hydrogen-bond acceptors (Lipinski definition) is 7. The molecule has 0 spiro atoms. The molecule has 1 aromatic carbocycles. The predicted molar refractivity (Wildman–Crippen MR) is 142 cm³/mol. The van der Waals surface area contributed by atoms with Crippen molar-refractivity contribution in [3.05, 3.63) is 96.8 Å². The Bertz CT molecular complexity index is 1660.